The number of halogens is 1. The molecule has 8 heteroatoms. The maximum atomic E-state index is 12.2. The maximum absolute atomic E-state index is 12.2. The number of rotatable bonds is 2. The smallest absolute Gasteiger partial charge is 0.436 e. The van der Waals surface area contributed by atoms with Crippen LogP contribution in [0.25, 0.3) is 38.8 Å². The first-order valence-corrected chi connectivity index (χ1v) is 11.2. The first-order chi connectivity index (χ1) is 16.9. The Morgan fingerprint density at radius 1 is 1.09 bits per heavy atom. The topological polar surface area (TPSA) is 85.2 Å². The van der Waals surface area contributed by atoms with E-state index < -0.39 is 6.09 Å². The lowest BCUT2D eigenvalue weighted by molar-refractivity contribution is 0.181. The molecular weight excluding hydrogens is 462 g/mol. The molecule has 0 aliphatic heterocycles. The van der Waals surface area contributed by atoms with Gasteiger partial charge in [-0.15, -0.1) is 4.99 Å². The molecule has 1 amide bonds. The zero-order valence-electron chi connectivity index (χ0n) is 19.3. The Bertz CT molecular complexity index is 1740. The number of amides is 1. The van der Waals surface area contributed by atoms with E-state index in [1.807, 2.05) is 61.0 Å². The highest BCUT2D eigenvalue weighted by Gasteiger charge is 2.18. The van der Waals surface area contributed by atoms with Crippen molar-refractivity contribution in [1.29, 1.82) is 5.26 Å². The van der Waals surface area contributed by atoms with Crippen molar-refractivity contribution in [3.63, 3.8) is 0 Å². The van der Waals surface area contributed by atoms with Crippen LogP contribution in [0.3, 0.4) is 0 Å². The Morgan fingerprint density at radius 3 is 2.54 bits per heavy atom. The molecule has 0 N–H and O–H groups in total. The lowest BCUT2D eigenvalue weighted by Crippen LogP contribution is -2.25. The van der Waals surface area contributed by atoms with E-state index in [0.717, 1.165) is 44.3 Å². The third-order valence-corrected chi connectivity index (χ3v) is 6.28. The molecule has 0 spiro atoms. The van der Waals surface area contributed by atoms with E-state index in [1.54, 1.807) is 22.9 Å². The van der Waals surface area contributed by atoms with Crippen molar-refractivity contribution in [2.75, 3.05) is 7.11 Å². The summed E-state index contributed by atoms with van der Waals surface area (Å²) < 4.78 is 8.52. The molecular formula is C27H20ClN5O2. The van der Waals surface area contributed by atoms with Crippen LogP contribution >= 0.6 is 11.6 Å². The Labute approximate surface area is 206 Å². The Hall–Kier alpha value is -4.41. The van der Waals surface area contributed by atoms with Gasteiger partial charge in [0.1, 0.15) is 0 Å². The molecule has 3 aromatic carbocycles. The number of benzene rings is 3. The summed E-state index contributed by atoms with van der Waals surface area (Å²) in [5.74, 6) is 0. The van der Waals surface area contributed by atoms with Gasteiger partial charge >= 0.3 is 6.09 Å². The monoisotopic (exact) mass is 481 g/mol. The van der Waals surface area contributed by atoms with E-state index in [-0.39, 0.29) is 0 Å². The molecule has 5 rings (SSSR count). The lowest BCUT2D eigenvalue weighted by Gasteiger charge is -2.11. The minimum absolute atomic E-state index is 0.358. The van der Waals surface area contributed by atoms with Crippen LogP contribution < -0.4 is 5.62 Å². The molecule has 0 bridgehead atoms. The van der Waals surface area contributed by atoms with E-state index in [9.17, 15) is 10.1 Å². The normalized spacial score (nSPS) is 11.7. The molecule has 172 valence electrons. The highest BCUT2D eigenvalue weighted by atomic mass is 35.5. The summed E-state index contributed by atoms with van der Waals surface area (Å²) in [7, 11) is 3.11. The number of hydrogen-bond acceptors (Lipinski definition) is 4. The van der Waals surface area contributed by atoms with Crippen LogP contribution in [-0.4, -0.2) is 27.3 Å². The van der Waals surface area contributed by atoms with E-state index in [2.05, 4.69) is 22.1 Å². The number of carbonyl (C=O) groups is 1. The first-order valence-electron chi connectivity index (χ1n) is 10.8. The van der Waals surface area contributed by atoms with Crippen LogP contribution in [0.2, 0.25) is 5.02 Å². The summed E-state index contributed by atoms with van der Waals surface area (Å²) in [5, 5.41) is 11.1. The average Bonchev–Trinajstić information content (AvgIpc) is 3.15. The van der Waals surface area contributed by atoms with Crippen molar-refractivity contribution in [3.8, 4) is 22.9 Å². The van der Waals surface area contributed by atoms with Gasteiger partial charge in [-0.3, -0.25) is 9.55 Å². The molecule has 7 nitrogen and oxygen atoms in total. The van der Waals surface area contributed by atoms with Gasteiger partial charge in [0, 0.05) is 17.5 Å². The molecule has 0 aliphatic carbocycles. The van der Waals surface area contributed by atoms with Gasteiger partial charge in [0.05, 0.1) is 47.2 Å². The largest absolute Gasteiger partial charge is 0.451 e. The zero-order valence-corrected chi connectivity index (χ0v) is 20.0. The number of fused-ring (bicyclic) bond motifs is 3. The number of ether oxygens (including phenoxy) is 1. The summed E-state index contributed by atoms with van der Waals surface area (Å²) >= 11 is 6.09. The van der Waals surface area contributed by atoms with Gasteiger partial charge in [-0.2, -0.15) is 5.26 Å². The van der Waals surface area contributed by atoms with Gasteiger partial charge < -0.3 is 9.30 Å². The fourth-order valence-corrected chi connectivity index (χ4v) is 4.35. The number of nitriles is 1. The van der Waals surface area contributed by atoms with Crippen LogP contribution in [-0.2, 0) is 11.8 Å². The number of hydrogen-bond donors (Lipinski definition) is 0. The maximum Gasteiger partial charge on any atom is 0.436 e. The fourth-order valence-electron chi connectivity index (χ4n) is 4.23. The summed E-state index contributed by atoms with van der Waals surface area (Å²) in [5.41, 5.74) is 6.89. The van der Waals surface area contributed by atoms with Gasteiger partial charge in [0.2, 0.25) is 5.62 Å². The standard InChI is InChI=1S/C27H20ClN5O2/c1-16-4-5-17(14-29)12-23(16)33-25-21-13-19(18-6-9-20(28)10-7-18)8-11-22(21)30-15-24(25)32(2)26(33)31-27(34)35-3/h4-13,15H,1-3H3. The molecule has 0 aliphatic rings. The highest BCUT2D eigenvalue weighted by molar-refractivity contribution is 6.30. The van der Waals surface area contributed by atoms with Crippen molar-refractivity contribution >= 4 is 39.6 Å². The average molecular weight is 482 g/mol. The molecule has 0 fully saturated rings. The predicted octanol–water partition coefficient (Wildman–Crippen LogP) is 5.68. The molecule has 0 atom stereocenters. The quantitative estimate of drug-likeness (QED) is 0.324. The Kier molecular flexibility index (Phi) is 5.59. The third-order valence-electron chi connectivity index (χ3n) is 6.03. The minimum atomic E-state index is -0.724. The Morgan fingerprint density at radius 2 is 1.83 bits per heavy atom. The molecule has 35 heavy (non-hydrogen) atoms. The molecule has 0 saturated heterocycles. The number of pyridine rings is 1. The summed E-state index contributed by atoms with van der Waals surface area (Å²) in [6.07, 6.45) is 1.04. The number of carbonyl (C=O) groups excluding carboxylic acids is 1. The molecule has 5 aromatic rings. The summed E-state index contributed by atoms with van der Waals surface area (Å²) in [6.45, 7) is 1.95. The van der Waals surface area contributed by atoms with Gasteiger partial charge in [-0.1, -0.05) is 35.9 Å². The van der Waals surface area contributed by atoms with E-state index in [4.69, 9.17) is 16.3 Å². The predicted molar refractivity (Wildman–Crippen MR) is 135 cm³/mol. The number of methoxy groups -OCH3 is 1. The van der Waals surface area contributed by atoms with Gasteiger partial charge in [0.25, 0.3) is 0 Å². The van der Waals surface area contributed by atoms with Gasteiger partial charge in [0.15, 0.2) is 0 Å². The second-order valence-corrected chi connectivity index (χ2v) is 8.56. The number of aryl methyl sites for hydroxylation is 2. The third kappa shape index (κ3) is 3.84. The Balaban J connectivity index is 1.95. The van der Waals surface area contributed by atoms with Crippen molar-refractivity contribution < 1.29 is 9.53 Å². The first kappa shape index (κ1) is 22.4. The zero-order chi connectivity index (χ0) is 24.7. The summed E-state index contributed by atoms with van der Waals surface area (Å²) in [4.78, 5) is 21.1. The van der Waals surface area contributed by atoms with E-state index in [1.165, 1.54) is 7.11 Å². The van der Waals surface area contributed by atoms with Gasteiger partial charge in [-0.05, 0) is 60.0 Å². The number of imidazole rings is 1. The summed E-state index contributed by atoms with van der Waals surface area (Å²) in [6, 6.07) is 21.3. The van der Waals surface area contributed by atoms with E-state index >= 15 is 0 Å². The second-order valence-electron chi connectivity index (χ2n) is 8.12. The van der Waals surface area contributed by atoms with Crippen LogP contribution in [0.5, 0.6) is 0 Å². The van der Waals surface area contributed by atoms with Crippen molar-refractivity contribution in [3.05, 3.63) is 88.6 Å². The fraction of sp³-hybridized carbons (Fsp3) is 0.111. The van der Waals surface area contributed by atoms with Crippen LogP contribution in [0.15, 0.2) is 71.9 Å². The van der Waals surface area contributed by atoms with E-state index in [0.29, 0.717) is 16.2 Å². The molecule has 0 unspecified atom stereocenters. The van der Waals surface area contributed by atoms with Gasteiger partial charge in [-0.25, -0.2) is 4.79 Å². The SMILES string of the molecule is COC(=O)N=c1n(C)c2cnc3ccc(-c4ccc(Cl)cc4)cc3c2n1-c1cc(C#N)ccc1C. The van der Waals surface area contributed by atoms with Crippen LogP contribution in [0.1, 0.15) is 11.1 Å². The van der Waals surface area contributed by atoms with Crippen molar-refractivity contribution in [2.24, 2.45) is 12.0 Å². The minimum Gasteiger partial charge on any atom is -0.451 e. The lowest BCUT2D eigenvalue weighted by atomic mass is 10.0. The molecule has 2 aromatic heterocycles. The number of nitrogens with zero attached hydrogens (tertiary/aromatic N) is 5. The van der Waals surface area contributed by atoms with Crippen molar-refractivity contribution in [1.82, 2.24) is 14.1 Å². The van der Waals surface area contributed by atoms with Crippen molar-refractivity contribution in [2.45, 2.75) is 6.92 Å². The molecule has 0 saturated carbocycles. The van der Waals surface area contributed by atoms with Crippen LogP contribution in [0.4, 0.5) is 4.79 Å². The van der Waals surface area contributed by atoms with Crippen LogP contribution in [0, 0.1) is 18.3 Å². The molecule has 2 heterocycles. The molecule has 0 radical (unpaired) electrons. The second kappa shape index (κ2) is 8.75. The highest BCUT2D eigenvalue weighted by Crippen LogP contribution is 2.31. The number of aromatic nitrogens is 3.